The van der Waals surface area contributed by atoms with Gasteiger partial charge in [-0.2, -0.15) is 0 Å². The summed E-state index contributed by atoms with van der Waals surface area (Å²) in [6.07, 6.45) is 3.18. The molecule has 3 heterocycles. The number of fused-ring (bicyclic) bond motifs is 1. The fraction of sp³-hybridized carbons (Fsp3) is 0.619. The van der Waals surface area contributed by atoms with E-state index in [1.54, 1.807) is 6.07 Å². The number of amides is 1. The van der Waals surface area contributed by atoms with Crippen molar-refractivity contribution in [3.8, 4) is 11.5 Å². The van der Waals surface area contributed by atoms with E-state index in [1.807, 2.05) is 4.90 Å². The van der Waals surface area contributed by atoms with Gasteiger partial charge in [0.1, 0.15) is 19.3 Å². The molecule has 3 aliphatic heterocycles. The van der Waals surface area contributed by atoms with Crippen molar-refractivity contribution in [2.75, 3.05) is 52.5 Å². The molecular weight excluding hydrogens is 376 g/mol. The van der Waals surface area contributed by atoms with Gasteiger partial charge in [0.05, 0.1) is 12.2 Å². The summed E-state index contributed by atoms with van der Waals surface area (Å²) in [6.45, 7) is 5.65. The Balaban J connectivity index is 1.21. The van der Waals surface area contributed by atoms with Gasteiger partial charge in [0.25, 0.3) is 0 Å². The number of hydrogen-bond donors (Lipinski definition) is 1. The summed E-state index contributed by atoms with van der Waals surface area (Å²) in [5.41, 5.74) is 0.201. The van der Waals surface area contributed by atoms with Crippen LogP contribution in [0.2, 0.25) is 0 Å². The Morgan fingerprint density at radius 2 is 2.00 bits per heavy atom. The fourth-order valence-electron chi connectivity index (χ4n) is 4.21. The number of likely N-dealkylation sites (tertiary alicyclic amines) is 1. The third-order valence-corrected chi connectivity index (χ3v) is 5.97. The van der Waals surface area contributed by atoms with E-state index in [0.29, 0.717) is 37.2 Å². The Morgan fingerprint density at radius 3 is 2.76 bits per heavy atom. The molecule has 0 spiro atoms. The average Bonchev–Trinajstić information content (AvgIpc) is 2.73. The standard InChI is InChI=1S/C21H28N2O6/c24-20-14-27-10-9-23(20)8-5-15-3-6-22(7-4-15)12-17-13-28-18-2-1-16(21(25)26)11-19(18)29-17/h1-2,11,15,17H,3-10,12-14H2,(H,25,26)/t17-/m0/s1. The van der Waals surface area contributed by atoms with Crippen LogP contribution in [0.4, 0.5) is 0 Å². The third-order valence-electron chi connectivity index (χ3n) is 5.97. The zero-order valence-electron chi connectivity index (χ0n) is 16.5. The first-order chi connectivity index (χ1) is 14.1. The van der Waals surface area contributed by atoms with E-state index in [0.717, 1.165) is 45.4 Å². The Labute approximate surface area is 170 Å². The van der Waals surface area contributed by atoms with Crippen molar-refractivity contribution in [2.24, 2.45) is 5.92 Å². The van der Waals surface area contributed by atoms with Gasteiger partial charge in [-0.15, -0.1) is 0 Å². The van der Waals surface area contributed by atoms with Crippen LogP contribution in [0.5, 0.6) is 11.5 Å². The maximum absolute atomic E-state index is 11.8. The molecule has 1 aromatic carbocycles. The molecular formula is C21H28N2O6. The van der Waals surface area contributed by atoms with E-state index in [-0.39, 0.29) is 24.2 Å². The van der Waals surface area contributed by atoms with E-state index < -0.39 is 5.97 Å². The molecule has 0 unspecified atom stereocenters. The minimum atomic E-state index is -0.973. The number of carboxylic acid groups (broad SMARTS) is 1. The molecule has 1 amide bonds. The van der Waals surface area contributed by atoms with Crippen LogP contribution >= 0.6 is 0 Å². The van der Waals surface area contributed by atoms with Crippen molar-refractivity contribution in [1.82, 2.24) is 9.80 Å². The van der Waals surface area contributed by atoms with Gasteiger partial charge in [0.15, 0.2) is 11.5 Å². The Kier molecular flexibility index (Phi) is 6.20. The van der Waals surface area contributed by atoms with Crippen LogP contribution in [0.15, 0.2) is 18.2 Å². The smallest absolute Gasteiger partial charge is 0.335 e. The zero-order chi connectivity index (χ0) is 20.2. The molecule has 29 heavy (non-hydrogen) atoms. The lowest BCUT2D eigenvalue weighted by atomic mass is 9.93. The van der Waals surface area contributed by atoms with Gasteiger partial charge in [-0.05, 0) is 56.5 Å². The lowest BCUT2D eigenvalue weighted by molar-refractivity contribution is -0.142. The van der Waals surface area contributed by atoms with E-state index in [2.05, 4.69) is 4.90 Å². The minimum absolute atomic E-state index is 0.103. The molecule has 0 radical (unpaired) electrons. The minimum Gasteiger partial charge on any atom is -0.486 e. The normalized spacial score (nSPS) is 23.2. The molecule has 0 saturated carbocycles. The van der Waals surface area contributed by atoms with Crippen molar-refractivity contribution < 1.29 is 28.9 Å². The molecule has 1 atom stereocenters. The van der Waals surface area contributed by atoms with Crippen molar-refractivity contribution >= 4 is 11.9 Å². The number of morpholine rings is 1. The van der Waals surface area contributed by atoms with Crippen LogP contribution in [0, 0.1) is 5.92 Å². The maximum atomic E-state index is 11.8. The number of benzene rings is 1. The van der Waals surface area contributed by atoms with Gasteiger partial charge in [0, 0.05) is 19.6 Å². The van der Waals surface area contributed by atoms with Crippen LogP contribution in [-0.2, 0) is 9.53 Å². The van der Waals surface area contributed by atoms with Gasteiger partial charge >= 0.3 is 5.97 Å². The first kappa shape index (κ1) is 20.0. The first-order valence-electron chi connectivity index (χ1n) is 10.3. The monoisotopic (exact) mass is 404 g/mol. The maximum Gasteiger partial charge on any atom is 0.335 e. The summed E-state index contributed by atoms with van der Waals surface area (Å²) in [6, 6.07) is 4.71. The number of carbonyl (C=O) groups is 2. The average molecular weight is 404 g/mol. The molecule has 8 heteroatoms. The molecule has 0 aliphatic carbocycles. The molecule has 2 fully saturated rings. The van der Waals surface area contributed by atoms with Crippen LogP contribution in [-0.4, -0.2) is 85.4 Å². The molecule has 1 aromatic rings. The molecule has 3 aliphatic rings. The topological polar surface area (TPSA) is 88.5 Å². The van der Waals surface area contributed by atoms with Crippen molar-refractivity contribution in [2.45, 2.75) is 25.4 Å². The summed E-state index contributed by atoms with van der Waals surface area (Å²) >= 11 is 0. The summed E-state index contributed by atoms with van der Waals surface area (Å²) in [5, 5.41) is 9.15. The summed E-state index contributed by atoms with van der Waals surface area (Å²) < 4.78 is 16.9. The number of aromatic carboxylic acids is 1. The molecule has 2 saturated heterocycles. The van der Waals surface area contributed by atoms with Gasteiger partial charge in [-0.3, -0.25) is 9.69 Å². The number of carboxylic acids is 1. The van der Waals surface area contributed by atoms with E-state index in [4.69, 9.17) is 19.3 Å². The van der Waals surface area contributed by atoms with Crippen LogP contribution < -0.4 is 9.47 Å². The summed E-state index contributed by atoms with van der Waals surface area (Å²) in [4.78, 5) is 27.3. The molecule has 1 N–H and O–H groups in total. The number of piperidine rings is 1. The van der Waals surface area contributed by atoms with Gasteiger partial charge in [-0.25, -0.2) is 4.79 Å². The Hall–Kier alpha value is -2.32. The van der Waals surface area contributed by atoms with E-state index >= 15 is 0 Å². The molecule has 4 rings (SSSR count). The highest BCUT2D eigenvalue weighted by Gasteiger charge is 2.27. The van der Waals surface area contributed by atoms with E-state index in [9.17, 15) is 9.59 Å². The highest BCUT2D eigenvalue weighted by Crippen LogP contribution is 2.33. The Bertz CT molecular complexity index is 747. The predicted molar refractivity (Wildman–Crippen MR) is 104 cm³/mol. The molecule has 0 bridgehead atoms. The van der Waals surface area contributed by atoms with E-state index in [1.165, 1.54) is 12.1 Å². The zero-order valence-corrected chi connectivity index (χ0v) is 16.5. The number of ether oxygens (including phenoxy) is 3. The third kappa shape index (κ3) is 5.00. The second kappa shape index (κ2) is 9.00. The number of nitrogens with zero attached hydrogens (tertiary/aromatic N) is 2. The highest BCUT2D eigenvalue weighted by atomic mass is 16.6. The number of carbonyl (C=O) groups excluding carboxylic acids is 1. The Morgan fingerprint density at radius 1 is 1.17 bits per heavy atom. The van der Waals surface area contributed by atoms with Gasteiger partial charge in [-0.1, -0.05) is 0 Å². The fourth-order valence-corrected chi connectivity index (χ4v) is 4.21. The van der Waals surface area contributed by atoms with Gasteiger partial charge < -0.3 is 24.2 Å². The quantitative estimate of drug-likeness (QED) is 0.768. The molecule has 8 nitrogen and oxygen atoms in total. The van der Waals surface area contributed by atoms with Crippen LogP contribution in [0.25, 0.3) is 0 Å². The van der Waals surface area contributed by atoms with Crippen LogP contribution in [0.3, 0.4) is 0 Å². The second-order valence-electron chi connectivity index (χ2n) is 7.98. The second-order valence-corrected chi connectivity index (χ2v) is 7.98. The predicted octanol–water partition coefficient (Wildman–Crippen LogP) is 1.49. The number of hydrogen-bond acceptors (Lipinski definition) is 6. The summed E-state index contributed by atoms with van der Waals surface area (Å²) in [7, 11) is 0. The largest absolute Gasteiger partial charge is 0.486 e. The van der Waals surface area contributed by atoms with Crippen molar-refractivity contribution in [3.63, 3.8) is 0 Å². The summed E-state index contributed by atoms with van der Waals surface area (Å²) in [5.74, 6) is 0.881. The molecule has 158 valence electrons. The molecule has 0 aromatic heterocycles. The van der Waals surface area contributed by atoms with Gasteiger partial charge in [0.2, 0.25) is 5.91 Å². The highest BCUT2D eigenvalue weighted by molar-refractivity contribution is 5.88. The SMILES string of the molecule is O=C(O)c1ccc2c(c1)O[C@@H](CN1CCC(CCN3CCOCC3=O)CC1)CO2. The van der Waals surface area contributed by atoms with Crippen molar-refractivity contribution in [3.05, 3.63) is 23.8 Å². The van der Waals surface area contributed by atoms with Crippen molar-refractivity contribution in [1.29, 1.82) is 0 Å². The first-order valence-corrected chi connectivity index (χ1v) is 10.3. The lowest BCUT2D eigenvalue weighted by Crippen LogP contribution is -2.45. The lowest BCUT2D eigenvalue weighted by Gasteiger charge is -2.36. The van der Waals surface area contributed by atoms with Crippen LogP contribution in [0.1, 0.15) is 29.6 Å². The number of rotatable bonds is 6.